The van der Waals surface area contributed by atoms with Crippen molar-refractivity contribution < 1.29 is 4.39 Å². The van der Waals surface area contributed by atoms with Crippen molar-refractivity contribution >= 4 is 0 Å². The van der Waals surface area contributed by atoms with Crippen LogP contribution in [0.4, 0.5) is 4.39 Å². The standard InChI is InChI=1S/C15H18FN3/c1-9-6-12(4-5-14(9)16)15-18-11(3)8-13(19-15)7-10(2)17/h4-6,8,10H,7,17H2,1-3H3. The van der Waals surface area contributed by atoms with Gasteiger partial charge in [0, 0.05) is 29.4 Å². The van der Waals surface area contributed by atoms with Crippen molar-refractivity contribution in [1.82, 2.24) is 9.97 Å². The van der Waals surface area contributed by atoms with Gasteiger partial charge in [0.2, 0.25) is 0 Å². The van der Waals surface area contributed by atoms with Crippen LogP contribution in [0.3, 0.4) is 0 Å². The summed E-state index contributed by atoms with van der Waals surface area (Å²) >= 11 is 0. The van der Waals surface area contributed by atoms with Crippen molar-refractivity contribution in [2.24, 2.45) is 5.73 Å². The monoisotopic (exact) mass is 259 g/mol. The Morgan fingerprint density at radius 2 is 1.95 bits per heavy atom. The van der Waals surface area contributed by atoms with Gasteiger partial charge in [0.1, 0.15) is 5.82 Å². The van der Waals surface area contributed by atoms with Crippen LogP contribution in [0.25, 0.3) is 11.4 Å². The van der Waals surface area contributed by atoms with Gasteiger partial charge in [-0.1, -0.05) is 0 Å². The molecule has 2 rings (SSSR count). The van der Waals surface area contributed by atoms with E-state index in [1.807, 2.05) is 19.9 Å². The lowest BCUT2D eigenvalue weighted by atomic mass is 10.1. The molecule has 100 valence electrons. The lowest BCUT2D eigenvalue weighted by Gasteiger charge is -2.09. The predicted octanol–water partition coefficient (Wildman–Crippen LogP) is 2.79. The number of hydrogen-bond donors (Lipinski definition) is 1. The molecule has 0 aliphatic heterocycles. The summed E-state index contributed by atoms with van der Waals surface area (Å²) in [6, 6.07) is 6.90. The quantitative estimate of drug-likeness (QED) is 0.922. The highest BCUT2D eigenvalue weighted by atomic mass is 19.1. The lowest BCUT2D eigenvalue weighted by molar-refractivity contribution is 0.618. The molecule has 0 radical (unpaired) electrons. The summed E-state index contributed by atoms with van der Waals surface area (Å²) in [6.45, 7) is 5.60. The van der Waals surface area contributed by atoms with E-state index in [1.54, 1.807) is 19.1 Å². The number of halogens is 1. The molecule has 0 fully saturated rings. The third kappa shape index (κ3) is 3.35. The minimum absolute atomic E-state index is 0.0529. The van der Waals surface area contributed by atoms with Gasteiger partial charge in [-0.25, -0.2) is 14.4 Å². The molecule has 0 saturated heterocycles. The first-order valence-electron chi connectivity index (χ1n) is 6.32. The van der Waals surface area contributed by atoms with Crippen LogP contribution in [-0.2, 0) is 6.42 Å². The largest absolute Gasteiger partial charge is 0.328 e. The predicted molar refractivity (Wildman–Crippen MR) is 74.3 cm³/mol. The van der Waals surface area contributed by atoms with Crippen molar-refractivity contribution in [3.8, 4) is 11.4 Å². The second-order valence-corrected chi connectivity index (χ2v) is 4.97. The van der Waals surface area contributed by atoms with Gasteiger partial charge in [-0.3, -0.25) is 0 Å². The minimum atomic E-state index is -0.216. The average molecular weight is 259 g/mol. The molecule has 0 spiro atoms. The van der Waals surface area contributed by atoms with Crippen LogP contribution in [0, 0.1) is 19.7 Å². The fraction of sp³-hybridized carbons (Fsp3) is 0.333. The summed E-state index contributed by atoms with van der Waals surface area (Å²) in [6.07, 6.45) is 0.705. The van der Waals surface area contributed by atoms with E-state index in [4.69, 9.17) is 5.73 Å². The Morgan fingerprint density at radius 3 is 2.58 bits per heavy atom. The molecule has 2 aromatic rings. The highest BCUT2D eigenvalue weighted by Crippen LogP contribution is 2.19. The molecule has 1 unspecified atom stereocenters. The van der Waals surface area contributed by atoms with E-state index in [0.717, 1.165) is 17.0 Å². The first-order chi connectivity index (χ1) is 8.95. The highest BCUT2D eigenvalue weighted by molar-refractivity contribution is 5.56. The smallest absolute Gasteiger partial charge is 0.159 e. The van der Waals surface area contributed by atoms with Crippen molar-refractivity contribution in [2.75, 3.05) is 0 Å². The Labute approximate surface area is 112 Å². The molecule has 3 nitrogen and oxygen atoms in total. The number of aryl methyl sites for hydroxylation is 2. The molecule has 0 aliphatic carbocycles. The fourth-order valence-corrected chi connectivity index (χ4v) is 1.98. The minimum Gasteiger partial charge on any atom is -0.328 e. The van der Waals surface area contributed by atoms with Gasteiger partial charge in [-0.15, -0.1) is 0 Å². The summed E-state index contributed by atoms with van der Waals surface area (Å²) in [5.74, 6) is 0.408. The van der Waals surface area contributed by atoms with Crippen molar-refractivity contribution in [3.63, 3.8) is 0 Å². The Balaban J connectivity index is 2.43. The second kappa shape index (κ2) is 5.45. The van der Waals surface area contributed by atoms with Gasteiger partial charge in [0.05, 0.1) is 0 Å². The number of hydrogen-bond acceptors (Lipinski definition) is 3. The molecular formula is C15H18FN3. The molecule has 1 aromatic heterocycles. The zero-order valence-electron chi connectivity index (χ0n) is 11.4. The maximum Gasteiger partial charge on any atom is 0.159 e. The van der Waals surface area contributed by atoms with Crippen LogP contribution < -0.4 is 5.73 Å². The Hall–Kier alpha value is -1.81. The van der Waals surface area contributed by atoms with E-state index in [1.165, 1.54) is 6.07 Å². The zero-order chi connectivity index (χ0) is 14.0. The van der Waals surface area contributed by atoms with Crippen molar-refractivity contribution in [3.05, 3.63) is 47.0 Å². The molecule has 2 N–H and O–H groups in total. The SMILES string of the molecule is Cc1cc(CC(C)N)nc(-c2ccc(F)c(C)c2)n1. The first-order valence-corrected chi connectivity index (χ1v) is 6.32. The molecule has 4 heteroatoms. The van der Waals surface area contributed by atoms with Gasteiger partial charge in [0.15, 0.2) is 5.82 Å². The molecule has 1 atom stereocenters. The third-order valence-electron chi connectivity index (χ3n) is 2.85. The number of nitrogens with zero attached hydrogens (tertiary/aromatic N) is 2. The fourth-order valence-electron chi connectivity index (χ4n) is 1.98. The van der Waals surface area contributed by atoms with Crippen LogP contribution >= 0.6 is 0 Å². The molecule has 19 heavy (non-hydrogen) atoms. The van der Waals surface area contributed by atoms with Crippen LogP contribution in [0.5, 0.6) is 0 Å². The van der Waals surface area contributed by atoms with Crippen LogP contribution in [0.1, 0.15) is 23.9 Å². The van der Waals surface area contributed by atoms with Gasteiger partial charge < -0.3 is 5.73 Å². The third-order valence-corrected chi connectivity index (χ3v) is 2.85. The Bertz CT molecular complexity index is 594. The zero-order valence-corrected chi connectivity index (χ0v) is 11.4. The Morgan fingerprint density at radius 1 is 1.21 bits per heavy atom. The second-order valence-electron chi connectivity index (χ2n) is 4.97. The molecule has 0 aliphatic rings. The van der Waals surface area contributed by atoms with E-state index in [-0.39, 0.29) is 11.9 Å². The van der Waals surface area contributed by atoms with E-state index in [9.17, 15) is 4.39 Å². The van der Waals surface area contributed by atoms with E-state index < -0.39 is 0 Å². The molecule has 1 heterocycles. The summed E-state index contributed by atoms with van der Waals surface area (Å²) in [4.78, 5) is 8.91. The molecule has 0 amide bonds. The van der Waals surface area contributed by atoms with E-state index >= 15 is 0 Å². The molecule has 0 saturated carbocycles. The van der Waals surface area contributed by atoms with Crippen molar-refractivity contribution in [2.45, 2.75) is 33.2 Å². The molecule has 1 aromatic carbocycles. The number of nitrogens with two attached hydrogens (primary N) is 1. The topological polar surface area (TPSA) is 51.8 Å². The highest BCUT2D eigenvalue weighted by Gasteiger charge is 2.08. The van der Waals surface area contributed by atoms with Gasteiger partial charge in [0.25, 0.3) is 0 Å². The Kier molecular flexibility index (Phi) is 3.90. The summed E-state index contributed by atoms with van der Waals surface area (Å²) in [7, 11) is 0. The summed E-state index contributed by atoms with van der Waals surface area (Å²) in [5.41, 5.74) is 9.03. The number of rotatable bonds is 3. The maximum absolute atomic E-state index is 13.3. The molecular weight excluding hydrogens is 241 g/mol. The van der Waals surface area contributed by atoms with Crippen LogP contribution in [0.15, 0.2) is 24.3 Å². The van der Waals surface area contributed by atoms with Gasteiger partial charge in [-0.05, 0) is 50.6 Å². The van der Waals surface area contributed by atoms with E-state index in [0.29, 0.717) is 17.8 Å². The first kappa shape index (κ1) is 13.6. The van der Waals surface area contributed by atoms with Crippen LogP contribution in [-0.4, -0.2) is 16.0 Å². The summed E-state index contributed by atoms with van der Waals surface area (Å²) in [5, 5.41) is 0. The lowest BCUT2D eigenvalue weighted by Crippen LogP contribution is -2.19. The average Bonchev–Trinajstić information content (AvgIpc) is 2.31. The number of benzene rings is 1. The normalized spacial score (nSPS) is 12.5. The molecule has 0 bridgehead atoms. The van der Waals surface area contributed by atoms with Crippen LogP contribution in [0.2, 0.25) is 0 Å². The maximum atomic E-state index is 13.3. The number of aromatic nitrogens is 2. The summed E-state index contributed by atoms with van der Waals surface area (Å²) < 4.78 is 13.3. The van der Waals surface area contributed by atoms with Gasteiger partial charge >= 0.3 is 0 Å². The van der Waals surface area contributed by atoms with Gasteiger partial charge in [-0.2, -0.15) is 0 Å². The van der Waals surface area contributed by atoms with Crippen molar-refractivity contribution in [1.29, 1.82) is 0 Å². The van der Waals surface area contributed by atoms with E-state index in [2.05, 4.69) is 9.97 Å².